The van der Waals surface area contributed by atoms with Crippen molar-refractivity contribution in [3.8, 4) is 0 Å². The fourth-order valence-corrected chi connectivity index (χ4v) is 2.86. The van der Waals surface area contributed by atoms with Crippen LogP contribution in [-0.2, 0) is 13.6 Å². The van der Waals surface area contributed by atoms with Crippen LogP contribution < -0.4 is 5.32 Å². The summed E-state index contributed by atoms with van der Waals surface area (Å²) in [5.74, 6) is -0.671. The molecule has 0 aliphatic rings. The largest absolute Gasteiger partial charge is 0.317 e. The van der Waals surface area contributed by atoms with Gasteiger partial charge in [-0.2, -0.15) is 10.2 Å². The molecule has 0 saturated heterocycles. The van der Waals surface area contributed by atoms with Gasteiger partial charge in [0.25, 0.3) is 5.91 Å². The van der Waals surface area contributed by atoms with Crippen molar-refractivity contribution in [1.82, 2.24) is 19.6 Å². The summed E-state index contributed by atoms with van der Waals surface area (Å²) in [5, 5.41) is 11.6. The van der Waals surface area contributed by atoms with E-state index in [1.165, 1.54) is 10.7 Å². The minimum atomic E-state index is -0.388. The van der Waals surface area contributed by atoms with E-state index in [-0.39, 0.29) is 18.3 Å². The van der Waals surface area contributed by atoms with E-state index in [1.54, 1.807) is 43.0 Å². The Bertz CT molecular complexity index is 926. The van der Waals surface area contributed by atoms with E-state index in [0.717, 1.165) is 0 Å². The average Bonchev–Trinajstić information content (AvgIpc) is 3.09. The van der Waals surface area contributed by atoms with Crippen molar-refractivity contribution in [2.75, 3.05) is 5.32 Å². The Labute approximate surface area is 149 Å². The van der Waals surface area contributed by atoms with E-state index in [9.17, 15) is 9.18 Å². The number of carbonyl (C=O) groups is 1. The highest BCUT2D eigenvalue weighted by atomic mass is 35.5. The molecule has 130 valence electrons. The van der Waals surface area contributed by atoms with E-state index < -0.39 is 0 Å². The summed E-state index contributed by atoms with van der Waals surface area (Å²) in [6, 6.07) is 6.18. The molecule has 0 spiro atoms. The molecule has 2 heterocycles. The van der Waals surface area contributed by atoms with Crippen LogP contribution in [0.5, 0.6) is 0 Å². The van der Waals surface area contributed by atoms with Crippen molar-refractivity contribution in [1.29, 1.82) is 0 Å². The van der Waals surface area contributed by atoms with Crippen molar-refractivity contribution in [2.24, 2.45) is 7.05 Å². The fraction of sp³-hybridized carbons (Fsp3) is 0.235. The molecule has 3 rings (SSSR count). The van der Waals surface area contributed by atoms with Gasteiger partial charge in [0.1, 0.15) is 11.5 Å². The smallest absolute Gasteiger partial charge is 0.274 e. The normalized spacial score (nSPS) is 10.9. The van der Waals surface area contributed by atoms with Gasteiger partial charge >= 0.3 is 0 Å². The summed E-state index contributed by atoms with van der Waals surface area (Å²) in [6.07, 6.45) is 1.55. The fourth-order valence-electron chi connectivity index (χ4n) is 2.64. The maximum absolute atomic E-state index is 14.0. The first-order valence-corrected chi connectivity index (χ1v) is 8.02. The van der Waals surface area contributed by atoms with Crippen LogP contribution in [0.25, 0.3) is 0 Å². The maximum Gasteiger partial charge on any atom is 0.274 e. The number of hydrogen-bond donors (Lipinski definition) is 1. The minimum absolute atomic E-state index is 0.180. The lowest BCUT2D eigenvalue weighted by Crippen LogP contribution is -2.17. The van der Waals surface area contributed by atoms with Crippen LogP contribution in [0.3, 0.4) is 0 Å². The maximum atomic E-state index is 14.0. The molecule has 1 aromatic carbocycles. The second kappa shape index (κ2) is 6.68. The van der Waals surface area contributed by atoms with Crippen LogP contribution in [0, 0.1) is 19.7 Å². The van der Waals surface area contributed by atoms with Gasteiger partial charge in [0.15, 0.2) is 0 Å². The second-order valence-corrected chi connectivity index (χ2v) is 6.11. The number of halogens is 2. The average molecular weight is 362 g/mol. The van der Waals surface area contributed by atoms with Gasteiger partial charge in [0, 0.05) is 23.8 Å². The van der Waals surface area contributed by atoms with Crippen LogP contribution in [0.2, 0.25) is 5.02 Å². The molecule has 0 unspecified atom stereocenters. The molecule has 3 aromatic rings. The van der Waals surface area contributed by atoms with Crippen LogP contribution in [0.15, 0.2) is 30.5 Å². The summed E-state index contributed by atoms with van der Waals surface area (Å²) < 4.78 is 17.1. The highest BCUT2D eigenvalue weighted by Crippen LogP contribution is 2.24. The topological polar surface area (TPSA) is 64.7 Å². The Kier molecular flexibility index (Phi) is 4.59. The molecular weight excluding hydrogens is 345 g/mol. The number of hydrogen-bond acceptors (Lipinski definition) is 3. The summed E-state index contributed by atoms with van der Waals surface area (Å²) >= 11 is 6.09. The van der Waals surface area contributed by atoms with Gasteiger partial charge in [0.2, 0.25) is 0 Å². The molecule has 1 N–H and O–H groups in total. The second-order valence-electron chi connectivity index (χ2n) is 5.70. The van der Waals surface area contributed by atoms with Gasteiger partial charge in [-0.25, -0.2) is 4.39 Å². The van der Waals surface area contributed by atoms with Gasteiger partial charge in [-0.3, -0.25) is 14.2 Å². The molecule has 0 radical (unpaired) electrons. The number of carbonyl (C=O) groups excluding carboxylic acids is 1. The van der Waals surface area contributed by atoms with E-state index in [1.807, 2.05) is 6.92 Å². The van der Waals surface area contributed by atoms with Crippen LogP contribution in [-0.4, -0.2) is 25.5 Å². The third-order valence-corrected chi connectivity index (χ3v) is 4.40. The molecular formula is C17H17ClFN5O. The van der Waals surface area contributed by atoms with Crippen molar-refractivity contribution in [3.63, 3.8) is 0 Å². The molecule has 0 bridgehead atoms. The quantitative estimate of drug-likeness (QED) is 0.775. The summed E-state index contributed by atoms with van der Waals surface area (Å²) in [6.45, 7) is 3.78. The first-order valence-electron chi connectivity index (χ1n) is 7.64. The number of aryl methyl sites for hydroxylation is 2. The SMILES string of the molecule is Cc1nn(Cc2c(F)cccc2Cl)c(C)c1NC(=O)c1ccnn1C. The summed E-state index contributed by atoms with van der Waals surface area (Å²) in [7, 11) is 1.69. The third-order valence-electron chi connectivity index (χ3n) is 4.04. The Balaban J connectivity index is 1.89. The predicted molar refractivity (Wildman–Crippen MR) is 93.4 cm³/mol. The summed E-state index contributed by atoms with van der Waals surface area (Å²) in [4.78, 5) is 12.4. The van der Waals surface area contributed by atoms with Gasteiger partial charge in [-0.1, -0.05) is 17.7 Å². The first-order chi connectivity index (χ1) is 11.9. The van der Waals surface area contributed by atoms with Crippen molar-refractivity contribution < 1.29 is 9.18 Å². The zero-order chi connectivity index (χ0) is 18.1. The Morgan fingerprint density at radius 3 is 2.72 bits per heavy atom. The number of nitrogens with zero attached hydrogens (tertiary/aromatic N) is 4. The monoisotopic (exact) mass is 361 g/mol. The van der Waals surface area contributed by atoms with Gasteiger partial charge in [-0.05, 0) is 32.0 Å². The molecule has 25 heavy (non-hydrogen) atoms. The molecule has 0 aliphatic heterocycles. The molecule has 1 amide bonds. The zero-order valence-electron chi connectivity index (χ0n) is 14.0. The number of anilines is 1. The molecule has 0 fully saturated rings. The molecule has 6 nitrogen and oxygen atoms in total. The molecule has 2 aromatic heterocycles. The lowest BCUT2D eigenvalue weighted by molar-refractivity contribution is 0.101. The van der Waals surface area contributed by atoms with E-state index in [2.05, 4.69) is 15.5 Å². The number of aromatic nitrogens is 4. The number of nitrogens with one attached hydrogen (secondary N) is 1. The van der Waals surface area contributed by atoms with E-state index in [0.29, 0.717) is 33.4 Å². The molecule has 0 saturated carbocycles. The summed E-state index contributed by atoms with van der Waals surface area (Å²) in [5.41, 5.74) is 2.74. The van der Waals surface area contributed by atoms with Crippen LogP contribution >= 0.6 is 11.6 Å². The van der Waals surface area contributed by atoms with E-state index >= 15 is 0 Å². The predicted octanol–water partition coefficient (Wildman–Crippen LogP) is 3.33. The lowest BCUT2D eigenvalue weighted by atomic mass is 10.2. The van der Waals surface area contributed by atoms with Gasteiger partial charge < -0.3 is 5.32 Å². The zero-order valence-corrected chi connectivity index (χ0v) is 14.8. The van der Waals surface area contributed by atoms with Crippen LogP contribution in [0.1, 0.15) is 27.4 Å². The number of rotatable bonds is 4. The molecule has 0 aliphatic carbocycles. The number of benzene rings is 1. The Morgan fingerprint density at radius 2 is 2.08 bits per heavy atom. The highest BCUT2D eigenvalue weighted by Gasteiger charge is 2.18. The van der Waals surface area contributed by atoms with Crippen molar-refractivity contribution >= 4 is 23.2 Å². The lowest BCUT2D eigenvalue weighted by Gasteiger charge is -2.09. The van der Waals surface area contributed by atoms with Crippen molar-refractivity contribution in [3.05, 3.63) is 63.9 Å². The third kappa shape index (κ3) is 3.28. The standard InChI is InChI=1S/C17H17ClFN5O/c1-10-16(21-17(25)15-7-8-20-23(15)3)11(2)24(22-10)9-12-13(18)5-4-6-14(12)19/h4-8H,9H2,1-3H3,(H,21,25). The van der Waals surface area contributed by atoms with E-state index in [4.69, 9.17) is 11.6 Å². The van der Waals surface area contributed by atoms with Gasteiger partial charge in [0.05, 0.1) is 23.6 Å². The van der Waals surface area contributed by atoms with Gasteiger partial charge in [-0.15, -0.1) is 0 Å². The number of amides is 1. The minimum Gasteiger partial charge on any atom is -0.317 e. The Morgan fingerprint density at radius 1 is 1.32 bits per heavy atom. The Hall–Kier alpha value is -2.67. The first kappa shape index (κ1) is 17.2. The molecule has 0 atom stereocenters. The van der Waals surface area contributed by atoms with Crippen molar-refractivity contribution in [2.45, 2.75) is 20.4 Å². The van der Waals surface area contributed by atoms with Crippen LogP contribution in [0.4, 0.5) is 10.1 Å². The highest BCUT2D eigenvalue weighted by molar-refractivity contribution is 6.31. The molecule has 8 heteroatoms.